The van der Waals surface area contributed by atoms with Gasteiger partial charge in [0, 0.05) is 10.9 Å². The third kappa shape index (κ3) is 2.47. The quantitative estimate of drug-likeness (QED) is 0.778. The molecule has 1 aromatic heterocycles. The van der Waals surface area contributed by atoms with Crippen molar-refractivity contribution in [1.29, 1.82) is 0 Å². The lowest BCUT2D eigenvalue weighted by Crippen LogP contribution is -1.86. The van der Waals surface area contributed by atoms with Crippen molar-refractivity contribution in [2.75, 3.05) is 0 Å². The number of aromatic nitrogens is 1. The summed E-state index contributed by atoms with van der Waals surface area (Å²) in [5.74, 6) is 0.585. The van der Waals surface area contributed by atoms with Crippen LogP contribution in [0.5, 0.6) is 0 Å². The van der Waals surface area contributed by atoms with Crippen molar-refractivity contribution in [2.24, 2.45) is 0 Å². The maximum Gasteiger partial charge on any atom is 0.124 e. The molecule has 1 nitrogen and oxygen atoms in total. The summed E-state index contributed by atoms with van der Waals surface area (Å²) in [5, 5.41) is 3.07. The summed E-state index contributed by atoms with van der Waals surface area (Å²) >= 11 is 5.03. The van der Waals surface area contributed by atoms with E-state index in [-0.39, 0.29) is 0 Å². The van der Waals surface area contributed by atoms with Crippen LogP contribution in [0.25, 0.3) is 10.6 Å². The van der Waals surface area contributed by atoms with Gasteiger partial charge in [-0.05, 0) is 27.4 Å². The molecule has 2 rings (SSSR count). The molecule has 0 aliphatic rings. The Morgan fingerprint density at radius 3 is 2.33 bits per heavy atom. The molecule has 0 saturated carbocycles. The number of hydrogen-bond acceptors (Lipinski definition) is 2. The third-order valence-corrected chi connectivity index (χ3v) is 3.90. The van der Waals surface area contributed by atoms with E-state index >= 15 is 0 Å². The molecule has 0 N–H and O–H groups in total. The molecule has 0 fully saturated rings. The van der Waals surface area contributed by atoms with E-state index in [9.17, 15) is 0 Å². The molecule has 0 radical (unpaired) electrons. The van der Waals surface area contributed by atoms with Crippen LogP contribution in [0.15, 0.2) is 34.2 Å². The molecule has 0 spiro atoms. The van der Waals surface area contributed by atoms with Crippen LogP contribution in [-0.4, -0.2) is 4.98 Å². The van der Waals surface area contributed by atoms with Gasteiger partial charge in [0.05, 0.1) is 0 Å². The highest BCUT2D eigenvalue weighted by molar-refractivity contribution is 9.10. The molecular weight excluding hydrogens is 270 g/mol. The average molecular weight is 282 g/mol. The number of nitrogens with zero attached hydrogens (tertiary/aromatic N) is 1. The summed E-state index contributed by atoms with van der Waals surface area (Å²) in [4.78, 5) is 4.39. The van der Waals surface area contributed by atoms with Crippen molar-refractivity contribution >= 4 is 27.3 Å². The minimum Gasteiger partial charge on any atom is -0.229 e. The highest BCUT2D eigenvalue weighted by Gasteiger charge is 2.04. The van der Waals surface area contributed by atoms with Gasteiger partial charge in [-0.1, -0.05) is 38.1 Å². The monoisotopic (exact) mass is 281 g/mol. The number of rotatable bonds is 2. The zero-order chi connectivity index (χ0) is 10.8. The summed E-state index contributed by atoms with van der Waals surface area (Å²) in [6.07, 6.45) is 0. The van der Waals surface area contributed by atoms with Gasteiger partial charge < -0.3 is 0 Å². The number of thiazole rings is 1. The molecule has 1 aromatic carbocycles. The third-order valence-electron chi connectivity index (χ3n) is 2.30. The second kappa shape index (κ2) is 4.45. The minimum absolute atomic E-state index is 0.585. The highest BCUT2D eigenvalue weighted by atomic mass is 79.9. The van der Waals surface area contributed by atoms with Crippen LogP contribution >= 0.6 is 27.3 Å². The van der Waals surface area contributed by atoms with E-state index in [0.29, 0.717) is 5.92 Å². The predicted octanol–water partition coefficient (Wildman–Crippen LogP) is 4.70. The fourth-order valence-corrected chi connectivity index (χ4v) is 2.66. The maximum atomic E-state index is 4.39. The lowest BCUT2D eigenvalue weighted by Gasteiger charge is -2.05. The topological polar surface area (TPSA) is 12.9 Å². The van der Waals surface area contributed by atoms with Crippen LogP contribution < -0.4 is 0 Å². The van der Waals surface area contributed by atoms with Crippen LogP contribution in [0.3, 0.4) is 0 Å². The highest BCUT2D eigenvalue weighted by Crippen LogP contribution is 2.27. The predicted molar refractivity (Wildman–Crippen MR) is 69.3 cm³/mol. The van der Waals surface area contributed by atoms with Crippen LogP contribution in [0.2, 0.25) is 0 Å². The first-order valence-corrected chi connectivity index (χ1v) is 6.55. The standard InChI is InChI=1S/C12H12BrNS/c1-8(2)9-3-5-10(6-4-9)12-14-11(13)7-15-12/h3-8H,1-2H3. The zero-order valence-corrected chi connectivity index (χ0v) is 11.1. The Kier molecular flexibility index (Phi) is 3.22. The zero-order valence-electron chi connectivity index (χ0n) is 8.70. The Balaban J connectivity index is 2.31. The summed E-state index contributed by atoms with van der Waals surface area (Å²) in [6, 6.07) is 8.63. The summed E-state index contributed by atoms with van der Waals surface area (Å²) in [6.45, 7) is 4.41. The van der Waals surface area contributed by atoms with Gasteiger partial charge in [-0.3, -0.25) is 0 Å². The van der Waals surface area contributed by atoms with Gasteiger partial charge in [0.25, 0.3) is 0 Å². The Morgan fingerprint density at radius 2 is 1.87 bits per heavy atom. The molecule has 0 amide bonds. The molecule has 15 heavy (non-hydrogen) atoms. The fraction of sp³-hybridized carbons (Fsp3) is 0.250. The molecule has 0 aliphatic carbocycles. The minimum atomic E-state index is 0.585. The van der Waals surface area contributed by atoms with Crippen molar-refractivity contribution in [3.63, 3.8) is 0 Å². The van der Waals surface area contributed by atoms with Crippen LogP contribution in [-0.2, 0) is 0 Å². The molecule has 1 heterocycles. The molecule has 2 aromatic rings. The maximum absolute atomic E-state index is 4.39. The molecule has 0 unspecified atom stereocenters. The molecule has 78 valence electrons. The molecule has 3 heteroatoms. The second-order valence-electron chi connectivity index (χ2n) is 3.75. The molecular formula is C12H12BrNS. The van der Waals surface area contributed by atoms with Gasteiger partial charge >= 0.3 is 0 Å². The Morgan fingerprint density at radius 1 is 1.20 bits per heavy atom. The van der Waals surface area contributed by atoms with Gasteiger partial charge in [0.15, 0.2) is 0 Å². The summed E-state index contributed by atoms with van der Waals surface area (Å²) < 4.78 is 0.912. The van der Waals surface area contributed by atoms with Crippen LogP contribution in [0.4, 0.5) is 0 Å². The van der Waals surface area contributed by atoms with E-state index in [4.69, 9.17) is 0 Å². The first-order valence-electron chi connectivity index (χ1n) is 4.88. The van der Waals surface area contributed by atoms with Crippen molar-refractivity contribution < 1.29 is 0 Å². The lowest BCUT2D eigenvalue weighted by atomic mass is 10.0. The van der Waals surface area contributed by atoms with Crippen molar-refractivity contribution in [3.8, 4) is 10.6 Å². The summed E-state index contributed by atoms with van der Waals surface area (Å²) in [7, 11) is 0. The van der Waals surface area contributed by atoms with E-state index in [1.807, 2.05) is 5.38 Å². The largest absolute Gasteiger partial charge is 0.229 e. The Bertz CT molecular complexity index is 445. The summed E-state index contributed by atoms with van der Waals surface area (Å²) in [5.41, 5.74) is 2.56. The van der Waals surface area contributed by atoms with E-state index in [2.05, 4.69) is 59.0 Å². The van der Waals surface area contributed by atoms with Crippen LogP contribution in [0.1, 0.15) is 25.3 Å². The molecule has 0 bridgehead atoms. The van der Waals surface area contributed by atoms with Crippen molar-refractivity contribution in [2.45, 2.75) is 19.8 Å². The number of halogens is 1. The van der Waals surface area contributed by atoms with E-state index in [1.165, 1.54) is 11.1 Å². The van der Waals surface area contributed by atoms with E-state index in [0.717, 1.165) is 9.61 Å². The average Bonchev–Trinajstić information content (AvgIpc) is 2.65. The van der Waals surface area contributed by atoms with Gasteiger partial charge in [-0.2, -0.15) is 0 Å². The normalized spacial score (nSPS) is 10.9. The first kappa shape index (κ1) is 10.8. The lowest BCUT2D eigenvalue weighted by molar-refractivity contribution is 0.867. The van der Waals surface area contributed by atoms with E-state index < -0.39 is 0 Å². The van der Waals surface area contributed by atoms with Gasteiger partial charge in [0.2, 0.25) is 0 Å². The molecule has 0 saturated heterocycles. The fourth-order valence-electron chi connectivity index (χ4n) is 1.40. The second-order valence-corrected chi connectivity index (χ2v) is 5.42. The molecule has 0 atom stereocenters. The Labute approximate surface area is 102 Å². The number of hydrogen-bond donors (Lipinski definition) is 0. The molecule has 0 aliphatic heterocycles. The van der Waals surface area contributed by atoms with Gasteiger partial charge in [-0.25, -0.2) is 4.98 Å². The van der Waals surface area contributed by atoms with E-state index in [1.54, 1.807) is 11.3 Å². The SMILES string of the molecule is CC(C)c1ccc(-c2nc(Br)cs2)cc1. The van der Waals surface area contributed by atoms with Gasteiger partial charge in [0.1, 0.15) is 9.61 Å². The first-order chi connectivity index (χ1) is 7.16. The van der Waals surface area contributed by atoms with Gasteiger partial charge in [-0.15, -0.1) is 11.3 Å². The number of benzene rings is 1. The van der Waals surface area contributed by atoms with Crippen molar-refractivity contribution in [3.05, 3.63) is 39.8 Å². The smallest absolute Gasteiger partial charge is 0.124 e. The Hall–Kier alpha value is -0.670. The van der Waals surface area contributed by atoms with Crippen molar-refractivity contribution in [1.82, 2.24) is 4.98 Å². The van der Waals surface area contributed by atoms with Crippen LogP contribution in [0, 0.1) is 0 Å².